The van der Waals surface area contributed by atoms with E-state index >= 15 is 0 Å². The average molecular weight is 297 g/mol. The molecule has 0 aliphatic carbocycles. The average Bonchev–Trinajstić information content (AvgIpc) is 2.90. The lowest BCUT2D eigenvalue weighted by molar-refractivity contribution is 0.242. The van der Waals surface area contributed by atoms with E-state index in [9.17, 15) is 0 Å². The van der Waals surface area contributed by atoms with E-state index in [1.54, 1.807) is 11.3 Å². The van der Waals surface area contributed by atoms with Crippen LogP contribution in [0.1, 0.15) is 30.3 Å². The van der Waals surface area contributed by atoms with Gasteiger partial charge in [0.1, 0.15) is 5.75 Å². The number of nitrogens with two attached hydrogens (primary N) is 1. The molecule has 2 nitrogen and oxygen atoms in total. The van der Waals surface area contributed by atoms with E-state index in [1.165, 1.54) is 15.0 Å². The van der Waals surface area contributed by atoms with Crippen LogP contribution < -0.4 is 10.5 Å². The van der Waals surface area contributed by atoms with Gasteiger partial charge in [0, 0.05) is 9.58 Å². The first-order chi connectivity index (χ1) is 10.1. The molecule has 0 saturated carbocycles. The molecule has 1 atom stereocenters. The van der Waals surface area contributed by atoms with Gasteiger partial charge in [-0.2, -0.15) is 0 Å². The number of hydrogen-bond acceptors (Lipinski definition) is 3. The highest BCUT2D eigenvalue weighted by Crippen LogP contribution is 2.32. The molecule has 3 aromatic rings. The lowest BCUT2D eigenvalue weighted by Crippen LogP contribution is -2.10. The molecular weight excluding hydrogens is 278 g/mol. The minimum absolute atomic E-state index is 0.0875. The molecule has 2 aromatic carbocycles. The summed E-state index contributed by atoms with van der Waals surface area (Å²) in [5, 5.41) is 1.26. The molecule has 0 spiro atoms. The van der Waals surface area contributed by atoms with Gasteiger partial charge in [-0.05, 0) is 49.1 Å². The Morgan fingerprint density at radius 3 is 2.38 bits per heavy atom. The summed E-state index contributed by atoms with van der Waals surface area (Å²) in [6.45, 7) is 4.05. The van der Waals surface area contributed by atoms with Crippen molar-refractivity contribution in [1.29, 1.82) is 0 Å². The molecule has 0 aliphatic heterocycles. The predicted molar refractivity (Wildman–Crippen MR) is 90.1 cm³/mol. The second-order valence-corrected chi connectivity index (χ2v) is 6.52. The normalized spacial score (nSPS) is 12.8. The third-order valence-corrected chi connectivity index (χ3v) is 4.56. The number of ether oxygens (including phenoxy) is 1. The molecule has 1 heterocycles. The van der Waals surface area contributed by atoms with Crippen LogP contribution in [0.5, 0.6) is 5.75 Å². The van der Waals surface area contributed by atoms with Gasteiger partial charge in [-0.25, -0.2) is 0 Å². The molecule has 0 fully saturated rings. The number of thiophene rings is 1. The number of rotatable bonds is 4. The molecule has 21 heavy (non-hydrogen) atoms. The van der Waals surface area contributed by atoms with Crippen LogP contribution in [-0.4, -0.2) is 6.10 Å². The Morgan fingerprint density at radius 1 is 1.00 bits per heavy atom. The van der Waals surface area contributed by atoms with Gasteiger partial charge in [-0.3, -0.25) is 0 Å². The molecule has 0 aliphatic rings. The molecule has 0 saturated heterocycles. The van der Waals surface area contributed by atoms with Gasteiger partial charge >= 0.3 is 0 Å². The Balaban J connectivity index is 1.85. The first-order valence-corrected chi connectivity index (χ1v) is 7.96. The lowest BCUT2D eigenvalue weighted by atomic mass is 10.1. The van der Waals surface area contributed by atoms with E-state index in [0.29, 0.717) is 0 Å². The molecule has 1 aromatic heterocycles. The maximum absolute atomic E-state index is 6.40. The summed E-state index contributed by atoms with van der Waals surface area (Å²) in [5.74, 6) is 0.886. The summed E-state index contributed by atoms with van der Waals surface area (Å²) in [4.78, 5) is 1.19. The summed E-state index contributed by atoms with van der Waals surface area (Å²) in [6, 6.07) is 18.6. The van der Waals surface area contributed by atoms with Crippen LogP contribution in [0.2, 0.25) is 0 Å². The Kier molecular flexibility index (Phi) is 3.95. The third kappa shape index (κ3) is 3.09. The van der Waals surface area contributed by atoms with Crippen molar-refractivity contribution in [2.24, 2.45) is 5.73 Å². The van der Waals surface area contributed by atoms with E-state index in [-0.39, 0.29) is 12.1 Å². The van der Waals surface area contributed by atoms with Gasteiger partial charge < -0.3 is 10.5 Å². The fourth-order valence-electron chi connectivity index (χ4n) is 2.35. The minimum atomic E-state index is -0.0875. The smallest absolute Gasteiger partial charge is 0.119 e. The van der Waals surface area contributed by atoms with Crippen molar-refractivity contribution in [2.75, 3.05) is 0 Å². The van der Waals surface area contributed by atoms with Gasteiger partial charge in [-0.1, -0.05) is 30.3 Å². The molecule has 3 rings (SSSR count). The van der Waals surface area contributed by atoms with Crippen LogP contribution in [0.4, 0.5) is 0 Å². The lowest BCUT2D eigenvalue weighted by Gasteiger charge is -2.13. The van der Waals surface area contributed by atoms with Gasteiger partial charge in [0.05, 0.1) is 12.1 Å². The molecule has 3 heteroatoms. The SMILES string of the molecule is CC(C)Oc1ccc(C(N)c2cc3ccccc3s2)cc1. The highest BCUT2D eigenvalue weighted by molar-refractivity contribution is 7.19. The monoisotopic (exact) mass is 297 g/mol. The van der Waals surface area contributed by atoms with E-state index < -0.39 is 0 Å². The quantitative estimate of drug-likeness (QED) is 0.755. The summed E-state index contributed by atoms with van der Waals surface area (Å²) >= 11 is 1.76. The second-order valence-electron chi connectivity index (χ2n) is 5.40. The maximum atomic E-state index is 6.40. The van der Waals surface area contributed by atoms with Crippen molar-refractivity contribution in [3.05, 3.63) is 65.0 Å². The first-order valence-electron chi connectivity index (χ1n) is 7.14. The van der Waals surface area contributed by atoms with Gasteiger partial charge in [0.2, 0.25) is 0 Å². The largest absolute Gasteiger partial charge is 0.491 e. The summed E-state index contributed by atoms with van der Waals surface area (Å²) in [5.41, 5.74) is 7.51. The number of benzene rings is 2. The zero-order valence-corrected chi connectivity index (χ0v) is 13.1. The van der Waals surface area contributed by atoms with E-state index in [2.05, 4.69) is 30.3 Å². The topological polar surface area (TPSA) is 35.2 Å². The first kappa shape index (κ1) is 14.1. The Labute approximate surface area is 129 Å². The Hall–Kier alpha value is -1.84. The van der Waals surface area contributed by atoms with E-state index in [0.717, 1.165) is 11.3 Å². The third-order valence-electron chi connectivity index (χ3n) is 3.36. The summed E-state index contributed by atoms with van der Waals surface area (Å²) < 4.78 is 6.94. The fraction of sp³-hybridized carbons (Fsp3) is 0.222. The van der Waals surface area contributed by atoms with Gasteiger partial charge in [0.15, 0.2) is 0 Å². The Bertz CT molecular complexity index is 697. The van der Waals surface area contributed by atoms with Crippen molar-refractivity contribution >= 4 is 21.4 Å². The summed E-state index contributed by atoms with van der Waals surface area (Å²) in [7, 11) is 0. The molecular formula is C18H19NOS. The zero-order valence-electron chi connectivity index (χ0n) is 12.2. The molecule has 1 unspecified atom stereocenters. The standard InChI is InChI=1S/C18H19NOS/c1-12(2)20-15-9-7-13(8-10-15)18(19)17-11-14-5-3-4-6-16(14)21-17/h3-12,18H,19H2,1-2H3. The Morgan fingerprint density at radius 2 is 1.71 bits per heavy atom. The molecule has 0 amide bonds. The molecule has 108 valence electrons. The molecule has 2 N–H and O–H groups in total. The van der Waals surface area contributed by atoms with Crippen LogP contribution in [0.3, 0.4) is 0 Å². The van der Waals surface area contributed by atoms with Crippen LogP contribution in [-0.2, 0) is 0 Å². The van der Waals surface area contributed by atoms with Crippen LogP contribution in [0, 0.1) is 0 Å². The minimum Gasteiger partial charge on any atom is -0.491 e. The van der Waals surface area contributed by atoms with E-state index in [1.807, 2.05) is 38.1 Å². The molecule has 0 radical (unpaired) electrons. The number of hydrogen-bond donors (Lipinski definition) is 1. The van der Waals surface area contributed by atoms with Gasteiger partial charge in [-0.15, -0.1) is 11.3 Å². The van der Waals surface area contributed by atoms with Crippen molar-refractivity contribution in [3.63, 3.8) is 0 Å². The predicted octanol–water partition coefficient (Wildman–Crippen LogP) is 4.74. The van der Waals surface area contributed by atoms with Crippen molar-refractivity contribution in [1.82, 2.24) is 0 Å². The van der Waals surface area contributed by atoms with Crippen molar-refractivity contribution < 1.29 is 4.74 Å². The molecule has 0 bridgehead atoms. The van der Waals surface area contributed by atoms with Crippen molar-refractivity contribution in [3.8, 4) is 5.75 Å². The van der Waals surface area contributed by atoms with E-state index in [4.69, 9.17) is 10.5 Å². The van der Waals surface area contributed by atoms with Crippen LogP contribution in [0.25, 0.3) is 10.1 Å². The van der Waals surface area contributed by atoms with Crippen LogP contribution >= 0.6 is 11.3 Å². The van der Waals surface area contributed by atoms with Gasteiger partial charge in [0.25, 0.3) is 0 Å². The second kappa shape index (κ2) is 5.88. The highest BCUT2D eigenvalue weighted by atomic mass is 32.1. The van der Waals surface area contributed by atoms with Crippen LogP contribution in [0.15, 0.2) is 54.6 Å². The van der Waals surface area contributed by atoms with Crippen molar-refractivity contribution in [2.45, 2.75) is 26.0 Å². The maximum Gasteiger partial charge on any atom is 0.119 e. The summed E-state index contributed by atoms with van der Waals surface area (Å²) in [6.07, 6.45) is 0.187. The number of fused-ring (bicyclic) bond motifs is 1. The highest BCUT2D eigenvalue weighted by Gasteiger charge is 2.12. The zero-order chi connectivity index (χ0) is 14.8. The fourth-order valence-corrected chi connectivity index (χ4v) is 3.44.